The van der Waals surface area contributed by atoms with Gasteiger partial charge in [-0.1, -0.05) is 89.8 Å². The minimum Gasteiger partial charge on any atom is -0.494 e. The van der Waals surface area contributed by atoms with Gasteiger partial charge in [0, 0.05) is 23.1 Å². The fraction of sp³-hybridized carbons (Fsp3) is 0.361. The van der Waals surface area contributed by atoms with Gasteiger partial charge in [0.1, 0.15) is 17.5 Å². The molecule has 8 heteroatoms. The van der Waals surface area contributed by atoms with E-state index in [4.69, 9.17) is 4.74 Å². The van der Waals surface area contributed by atoms with Gasteiger partial charge >= 0.3 is 5.97 Å². The molecule has 4 aromatic rings. The van der Waals surface area contributed by atoms with E-state index in [0.29, 0.717) is 23.7 Å². The van der Waals surface area contributed by atoms with Crippen molar-refractivity contribution in [1.82, 2.24) is 20.5 Å². The molecule has 0 aliphatic heterocycles. The van der Waals surface area contributed by atoms with E-state index in [-0.39, 0.29) is 11.8 Å². The Hall–Kier alpha value is -4.59. The van der Waals surface area contributed by atoms with Crippen LogP contribution in [0.15, 0.2) is 79.0 Å². The summed E-state index contributed by atoms with van der Waals surface area (Å²) < 4.78 is 5.84. The highest BCUT2D eigenvalue weighted by Gasteiger charge is 2.22. The van der Waals surface area contributed by atoms with E-state index in [1.165, 1.54) is 25.7 Å². The zero-order valence-electron chi connectivity index (χ0n) is 26.0. The first-order valence-electron chi connectivity index (χ1n) is 15.3. The maximum atomic E-state index is 12.8. The van der Waals surface area contributed by atoms with Crippen LogP contribution in [0, 0.1) is 0 Å². The molecule has 0 bridgehead atoms. The van der Waals surface area contributed by atoms with Crippen molar-refractivity contribution < 1.29 is 19.4 Å². The molecule has 230 valence electrons. The number of carbonyl (C=O) groups excluding carboxylic acids is 1. The molecular weight excluding hydrogens is 552 g/mol. The first-order valence-corrected chi connectivity index (χ1v) is 15.3. The number of hydrogen-bond donors (Lipinski definition) is 2. The molecule has 0 spiro atoms. The lowest BCUT2D eigenvalue weighted by atomic mass is 9.86. The number of nitrogens with one attached hydrogen (secondary N) is 1. The van der Waals surface area contributed by atoms with Crippen molar-refractivity contribution in [1.29, 1.82) is 0 Å². The Balaban J connectivity index is 1.32. The minimum atomic E-state index is -1.10. The molecule has 8 nitrogen and oxygen atoms in total. The van der Waals surface area contributed by atoms with E-state index in [9.17, 15) is 14.7 Å². The number of hydrogen-bond acceptors (Lipinski definition) is 6. The van der Waals surface area contributed by atoms with Crippen LogP contribution in [0.4, 0.5) is 0 Å². The first kappa shape index (κ1) is 32.3. The number of aliphatic carboxylic acids is 1. The predicted molar refractivity (Wildman–Crippen MR) is 173 cm³/mol. The number of unbranched alkanes of at least 4 members (excludes halogenated alkanes) is 4. The van der Waals surface area contributed by atoms with Crippen molar-refractivity contribution in [2.24, 2.45) is 0 Å². The van der Waals surface area contributed by atoms with Crippen LogP contribution in [-0.2, 0) is 16.6 Å². The molecule has 1 amide bonds. The molecule has 2 N–H and O–H groups in total. The van der Waals surface area contributed by atoms with Crippen molar-refractivity contribution >= 4 is 11.9 Å². The third-order valence-electron chi connectivity index (χ3n) is 7.50. The van der Waals surface area contributed by atoms with E-state index >= 15 is 0 Å². The van der Waals surface area contributed by atoms with E-state index in [0.717, 1.165) is 34.4 Å². The van der Waals surface area contributed by atoms with E-state index in [2.05, 4.69) is 48.2 Å². The van der Waals surface area contributed by atoms with Gasteiger partial charge in [-0.2, -0.15) is 0 Å². The van der Waals surface area contributed by atoms with Crippen LogP contribution in [0.1, 0.15) is 81.3 Å². The van der Waals surface area contributed by atoms with E-state index in [1.807, 2.05) is 60.7 Å². The predicted octanol–water partition coefficient (Wildman–Crippen LogP) is 7.28. The Morgan fingerprint density at radius 1 is 0.841 bits per heavy atom. The standard InChI is InChI=1S/C36H42N4O4/c1-5-6-7-8-9-22-44-30-20-16-27(17-21-30)33-37-24-32(39-40-33)26-12-10-25(11-13-26)23-31(35(42)43)38-34(41)28-14-18-29(19-15-28)36(2,3)4/h10-21,24,31H,5-9,22-23H2,1-4H3,(H,38,41)(H,42,43)/t31-/m0/s1. The minimum absolute atomic E-state index is 0.0385. The number of aromatic nitrogens is 3. The largest absolute Gasteiger partial charge is 0.494 e. The summed E-state index contributed by atoms with van der Waals surface area (Å²) in [6.45, 7) is 9.21. The molecule has 1 heterocycles. The summed E-state index contributed by atoms with van der Waals surface area (Å²) in [5.41, 5.74) is 4.51. The van der Waals surface area contributed by atoms with Gasteiger partial charge in [-0.25, -0.2) is 9.78 Å². The van der Waals surface area contributed by atoms with Gasteiger partial charge in [-0.3, -0.25) is 4.79 Å². The Labute approximate surface area is 259 Å². The summed E-state index contributed by atoms with van der Waals surface area (Å²) in [6, 6.07) is 21.2. The molecule has 0 fully saturated rings. The highest BCUT2D eigenvalue weighted by Crippen LogP contribution is 2.23. The van der Waals surface area contributed by atoms with Crippen LogP contribution in [0.2, 0.25) is 0 Å². The fourth-order valence-electron chi connectivity index (χ4n) is 4.75. The number of carbonyl (C=O) groups is 2. The Kier molecular flexibility index (Phi) is 11.2. The fourth-order valence-corrected chi connectivity index (χ4v) is 4.75. The molecule has 0 radical (unpaired) electrons. The molecule has 0 unspecified atom stereocenters. The van der Waals surface area contributed by atoms with Crippen molar-refractivity contribution in [2.45, 2.75) is 77.7 Å². The number of ether oxygens (including phenoxy) is 1. The number of carboxylic acids is 1. The van der Waals surface area contributed by atoms with Crippen molar-refractivity contribution in [3.05, 3.63) is 95.7 Å². The van der Waals surface area contributed by atoms with Gasteiger partial charge in [-0.05, 0) is 59.4 Å². The van der Waals surface area contributed by atoms with Crippen LogP contribution < -0.4 is 10.1 Å². The van der Waals surface area contributed by atoms with Gasteiger partial charge in [0.15, 0.2) is 5.82 Å². The maximum absolute atomic E-state index is 12.8. The normalized spacial score (nSPS) is 12.0. The van der Waals surface area contributed by atoms with E-state index in [1.54, 1.807) is 18.3 Å². The highest BCUT2D eigenvalue weighted by atomic mass is 16.5. The smallest absolute Gasteiger partial charge is 0.326 e. The molecule has 0 saturated carbocycles. The Morgan fingerprint density at radius 3 is 2.09 bits per heavy atom. The monoisotopic (exact) mass is 594 g/mol. The number of carboxylic acid groups (broad SMARTS) is 1. The van der Waals surface area contributed by atoms with Gasteiger partial charge in [0.05, 0.1) is 12.8 Å². The number of benzene rings is 3. The lowest BCUT2D eigenvalue weighted by molar-refractivity contribution is -0.139. The molecule has 0 saturated heterocycles. The molecule has 4 rings (SSSR count). The second kappa shape index (κ2) is 15.2. The van der Waals surface area contributed by atoms with Crippen molar-refractivity contribution in [3.8, 4) is 28.4 Å². The van der Waals surface area contributed by atoms with E-state index < -0.39 is 17.9 Å². The van der Waals surface area contributed by atoms with Crippen molar-refractivity contribution in [3.63, 3.8) is 0 Å². The van der Waals surface area contributed by atoms with Crippen molar-refractivity contribution in [2.75, 3.05) is 6.61 Å². The molecule has 44 heavy (non-hydrogen) atoms. The summed E-state index contributed by atoms with van der Waals surface area (Å²) in [5.74, 6) is -0.171. The summed E-state index contributed by atoms with van der Waals surface area (Å²) >= 11 is 0. The zero-order valence-corrected chi connectivity index (χ0v) is 26.0. The highest BCUT2D eigenvalue weighted by molar-refractivity contribution is 5.96. The summed E-state index contributed by atoms with van der Waals surface area (Å²) in [5, 5.41) is 21.1. The Morgan fingerprint density at radius 2 is 1.50 bits per heavy atom. The van der Waals surface area contributed by atoms with Crippen LogP contribution in [-0.4, -0.2) is 44.8 Å². The average molecular weight is 595 g/mol. The lowest BCUT2D eigenvalue weighted by Gasteiger charge is -2.19. The maximum Gasteiger partial charge on any atom is 0.326 e. The van der Waals surface area contributed by atoms with Crippen LogP contribution in [0.5, 0.6) is 5.75 Å². The molecule has 3 aromatic carbocycles. The number of nitrogens with zero attached hydrogens (tertiary/aromatic N) is 3. The average Bonchev–Trinajstić information content (AvgIpc) is 3.03. The molecule has 1 atom stereocenters. The van der Waals surface area contributed by atoms with Gasteiger partial charge in [0.2, 0.25) is 0 Å². The van der Waals surface area contributed by atoms with Gasteiger partial charge in [0.25, 0.3) is 5.91 Å². The third-order valence-corrected chi connectivity index (χ3v) is 7.50. The van der Waals surface area contributed by atoms with Crippen LogP contribution in [0.3, 0.4) is 0 Å². The molecule has 1 aromatic heterocycles. The summed E-state index contributed by atoms with van der Waals surface area (Å²) in [7, 11) is 0. The quantitative estimate of drug-likeness (QED) is 0.148. The molecule has 0 aliphatic carbocycles. The zero-order chi connectivity index (χ0) is 31.5. The Bertz CT molecular complexity index is 1490. The summed E-state index contributed by atoms with van der Waals surface area (Å²) in [6.07, 6.45) is 7.82. The first-order chi connectivity index (χ1) is 21.1. The molecule has 0 aliphatic rings. The SMILES string of the molecule is CCCCCCCOc1ccc(-c2ncc(-c3ccc(C[C@H](NC(=O)c4ccc(C(C)(C)C)cc4)C(=O)O)cc3)nn2)cc1. The third kappa shape index (κ3) is 9.20. The lowest BCUT2D eigenvalue weighted by Crippen LogP contribution is -2.42. The van der Waals surface area contributed by atoms with Gasteiger partial charge in [-0.15, -0.1) is 10.2 Å². The second-order valence-corrected chi connectivity index (χ2v) is 12.0. The van der Waals surface area contributed by atoms with Crippen LogP contribution >= 0.6 is 0 Å². The molecular formula is C36H42N4O4. The van der Waals surface area contributed by atoms with Gasteiger partial charge < -0.3 is 15.2 Å². The number of amides is 1. The number of rotatable bonds is 14. The summed E-state index contributed by atoms with van der Waals surface area (Å²) in [4.78, 5) is 29.2. The second-order valence-electron chi connectivity index (χ2n) is 12.0. The topological polar surface area (TPSA) is 114 Å². The van der Waals surface area contributed by atoms with Crippen LogP contribution in [0.25, 0.3) is 22.6 Å².